The molecule has 4 saturated heterocycles. The average molecular weight is 366 g/mol. The van der Waals surface area contributed by atoms with E-state index in [1.165, 1.54) is 19.4 Å². The normalized spacial score (nSPS) is 37.8. The molecule has 0 aromatic rings. The van der Waals surface area contributed by atoms with Crippen molar-refractivity contribution in [2.24, 2.45) is 11.8 Å². The molecule has 1 amide bonds. The van der Waals surface area contributed by atoms with Gasteiger partial charge in [0, 0.05) is 50.6 Å². The van der Waals surface area contributed by atoms with E-state index in [0.29, 0.717) is 24.0 Å². The van der Waals surface area contributed by atoms with Gasteiger partial charge in [-0.05, 0) is 53.6 Å². The third-order valence-corrected chi connectivity index (χ3v) is 6.96. The first kappa shape index (κ1) is 18.5. The molecule has 0 radical (unpaired) electrons. The Bertz CT molecular complexity index is 532. The van der Waals surface area contributed by atoms with Crippen LogP contribution in [0.25, 0.3) is 0 Å². The molecule has 26 heavy (non-hydrogen) atoms. The van der Waals surface area contributed by atoms with Crippen LogP contribution in [-0.2, 0) is 9.47 Å². The number of fused-ring (bicyclic) bond motifs is 1. The molecule has 0 aromatic heterocycles. The highest BCUT2D eigenvalue weighted by Gasteiger charge is 2.63. The fourth-order valence-corrected chi connectivity index (χ4v) is 5.86. The quantitative estimate of drug-likeness (QED) is 0.763. The van der Waals surface area contributed by atoms with Gasteiger partial charge in [0.2, 0.25) is 0 Å². The Morgan fingerprint density at radius 1 is 1.27 bits per heavy atom. The van der Waals surface area contributed by atoms with Gasteiger partial charge in [0.25, 0.3) is 0 Å². The maximum absolute atomic E-state index is 12.1. The van der Waals surface area contributed by atoms with Crippen LogP contribution in [-0.4, -0.2) is 91.5 Å². The Morgan fingerprint density at radius 3 is 2.65 bits per heavy atom. The van der Waals surface area contributed by atoms with Crippen LogP contribution < -0.4 is 0 Å². The first-order valence-electron chi connectivity index (χ1n) is 10.4. The van der Waals surface area contributed by atoms with Crippen LogP contribution in [0.5, 0.6) is 0 Å². The average Bonchev–Trinajstić information content (AvgIpc) is 3.23. The van der Waals surface area contributed by atoms with Gasteiger partial charge in [-0.1, -0.05) is 0 Å². The van der Waals surface area contributed by atoms with Gasteiger partial charge in [0.05, 0.1) is 17.8 Å². The molecule has 1 spiro atoms. The van der Waals surface area contributed by atoms with Gasteiger partial charge >= 0.3 is 6.09 Å². The Kier molecular flexibility index (Phi) is 4.95. The predicted octanol–water partition coefficient (Wildman–Crippen LogP) is 2.04. The molecule has 4 heterocycles. The highest BCUT2D eigenvalue weighted by molar-refractivity contribution is 5.67. The second-order valence-corrected chi connectivity index (χ2v) is 9.37. The predicted molar refractivity (Wildman–Crippen MR) is 100 cm³/mol. The lowest BCUT2D eigenvalue weighted by molar-refractivity contribution is -0.00599. The summed E-state index contributed by atoms with van der Waals surface area (Å²) in [7, 11) is 4.36. The molecule has 4 aliphatic heterocycles. The summed E-state index contributed by atoms with van der Waals surface area (Å²) in [6, 6.07) is 0.584. The maximum Gasteiger partial charge on any atom is 0.410 e. The van der Waals surface area contributed by atoms with Gasteiger partial charge in [-0.2, -0.15) is 0 Å². The highest BCUT2D eigenvalue weighted by atomic mass is 16.6. The molecule has 0 saturated carbocycles. The van der Waals surface area contributed by atoms with E-state index in [1.54, 1.807) is 0 Å². The zero-order chi connectivity index (χ0) is 18.5. The number of ether oxygens (including phenoxy) is 2. The number of carbonyl (C=O) groups excluding carboxylic acids is 1. The lowest BCUT2D eigenvalue weighted by Gasteiger charge is -2.37. The van der Waals surface area contributed by atoms with Crippen LogP contribution in [0.15, 0.2) is 0 Å². The Hall–Kier alpha value is -0.850. The topological polar surface area (TPSA) is 45.2 Å². The summed E-state index contributed by atoms with van der Waals surface area (Å²) in [4.78, 5) is 19.0. The number of hydrogen-bond donors (Lipinski definition) is 0. The molecular formula is C20H35N3O3. The summed E-state index contributed by atoms with van der Waals surface area (Å²) >= 11 is 0. The first-order valence-corrected chi connectivity index (χ1v) is 10.4. The minimum absolute atomic E-state index is 0.0432. The maximum atomic E-state index is 12.1. The molecule has 4 atom stereocenters. The highest BCUT2D eigenvalue weighted by Crippen LogP contribution is 2.55. The molecule has 4 aliphatic rings. The molecule has 6 heteroatoms. The van der Waals surface area contributed by atoms with E-state index in [1.807, 2.05) is 18.7 Å². The molecule has 2 bridgehead atoms. The Labute approximate surface area is 157 Å². The summed E-state index contributed by atoms with van der Waals surface area (Å²) in [5, 5.41) is 0. The summed E-state index contributed by atoms with van der Waals surface area (Å²) in [5.74, 6) is 1.37. The minimum atomic E-state index is -0.150. The SMILES string of the molecule is CC(C)OC(=O)N1CCC(N2C[C@@H]3[C@H](CN(C)C)[C@H]4CC[C@]3(C2)O4)CC1. The monoisotopic (exact) mass is 365 g/mol. The lowest BCUT2D eigenvalue weighted by atomic mass is 9.73. The van der Waals surface area contributed by atoms with Crippen molar-refractivity contribution in [3.8, 4) is 0 Å². The second kappa shape index (κ2) is 6.95. The molecule has 148 valence electrons. The molecule has 0 N–H and O–H groups in total. The van der Waals surface area contributed by atoms with E-state index in [9.17, 15) is 4.79 Å². The summed E-state index contributed by atoms with van der Waals surface area (Å²) < 4.78 is 11.9. The van der Waals surface area contributed by atoms with Gasteiger partial charge in [0.15, 0.2) is 0 Å². The van der Waals surface area contributed by atoms with Crippen LogP contribution >= 0.6 is 0 Å². The molecular weight excluding hydrogens is 330 g/mol. The number of carbonyl (C=O) groups is 1. The number of piperidine rings is 1. The number of likely N-dealkylation sites (tertiary alicyclic amines) is 2. The van der Waals surface area contributed by atoms with E-state index < -0.39 is 0 Å². The number of hydrogen-bond acceptors (Lipinski definition) is 5. The third kappa shape index (κ3) is 3.25. The minimum Gasteiger partial charge on any atom is -0.447 e. The van der Waals surface area contributed by atoms with Gasteiger partial charge in [0.1, 0.15) is 0 Å². The van der Waals surface area contributed by atoms with Crippen molar-refractivity contribution in [2.75, 3.05) is 46.8 Å². The summed E-state index contributed by atoms with van der Waals surface area (Å²) in [5.41, 5.74) is 0.124. The van der Waals surface area contributed by atoms with E-state index in [2.05, 4.69) is 23.9 Å². The van der Waals surface area contributed by atoms with E-state index in [4.69, 9.17) is 9.47 Å². The number of amides is 1. The fourth-order valence-electron chi connectivity index (χ4n) is 5.86. The largest absolute Gasteiger partial charge is 0.447 e. The smallest absolute Gasteiger partial charge is 0.410 e. The van der Waals surface area contributed by atoms with Gasteiger partial charge in [-0.15, -0.1) is 0 Å². The molecule has 4 fully saturated rings. The Balaban J connectivity index is 1.34. The van der Waals surface area contributed by atoms with Crippen molar-refractivity contribution in [2.45, 2.75) is 63.4 Å². The van der Waals surface area contributed by atoms with Crippen molar-refractivity contribution >= 4 is 6.09 Å². The standard InChI is InChI=1S/C20H35N3O3/c1-14(2)25-19(24)22-9-6-15(7-10-22)23-12-17-16(11-21(3)4)18-5-8-20(17,13-23)26-18/h14-18H,5-13H2,1-4H3/t16-,17+,18+,20+/m0/s1. The fraction of sp³-hybridized carbons (Fsp3) is 0.950. The Morgan fingerprint density at radius 2 is 2.00 bits per heavy atom. The summed E-state index contributed by atoms with van der Waals surface area (Å²) in [6.45, 7) is 8.86. The summed E-state index contributed by atoms with van der Waals surface area (Å²) in [6.07, 6.45) is 4.87. The first-order chi connectivity index (χ1) is 12.4. The van der Waals surface area contributed by atoms with E-state index >= 15 is 0 Å². The van der Waals surface area contributed by atoms with Crippen molar-refractivity contribution in [3.63, 3.8) is 0 Å². The van der Waals surface area contributed by atoms with Crippen molar-refractivity contribution < 1.29 is 14.3 Å². The lowest BCUT2D eigenvalue weighted by Crippen LogP contribution is -2.47. The van der Waals surface area contributed by atoms with Crippen LogP contribution in [0.1, 0.15) is 39.5 Å². The van der Waals surface area contributed by atoms with Gasteiger partial charge < -0.3 is 19.3 Å². The second-order valence-electron chi connectivity index (χ2n) is 9.37. The van der Waals surface area contributed by atoms with Gasteiger partial charge in [-0.25, -0.2) is 4.79 Å². The molecule has 0 unspecified atom stereocenters. The van der Waals surface area contributed by atoms with E-state index in [0.717, 1.165) is 39.0 Å². The van der Waals surface area contributed by atoms with Crippen LogP contribution in [0.2, 0.25) is 0 Å². The van der Waals surface area contributed by atoms with Gasteiger partial charge in [-0.3, -0.25) is 4.90 Å². The zero-order valence-corrected chi connectivity index (χ0v) is 16.8. The number of rotatable bonds is 4. The molecule has 0 aromatic carbocycles. The van der Waals surface area contributed by atoms with Crippen molar-refractivity contribution in [1.29, 1.82) is 0 Å². The molecule has 0 aliphatic carbocycles. The zero-order valence-electron chi connectivity index (χ0n) is 16.8. The molecule has 6 nitrogen and oxygen atoms in total. The van der Waals surface area contributed by atoms with Crippen LogP contribution in [0.3, 0.4) is 0 Å². The van der Waals surface area contributed by atoms with Crippen molar-refractivity contribution in [1.82, 2.24) is 14.7 Å². The number of nitrogens with zero attached hydrogens (tertiary/aromatic N) is 3. The van der Waals surface area contributed by atoms with Crippen molar-refractivity contribution in [3.05, 3.63) is 0 Å². The molecule has 4 rings (SSSR count). The third-order valence-electron chi connectivity index (χ3n) is 6.96. The van der Waals surface area contributed by atoms with Crippen LogP contribution in [0, 0.1) is 11.8 Å². The van der Waals surface area contributed by atoms with Crippen LogP contribution in [0.4, 0.5) is 4.79 Å². The van der Waals surface area contributed by atoms with E-state index in [-0.39, 0.29) is 17.8 Å².